The minimum atomic E-state index is -1.01. The smallest absolute Gasteiger partial charge is 0.352 e. The maximum absolute atomic E-state index is 11.3. The summed E-state index contributed by atoms with van der Waals surface area (Å²) in [6.07, 6.45) is 0.343. The van der Waals surface area contributed by atoms with Gasteiger partial charge in [-0.3, -0.25) is 5.01 Å². The van der Waals surface area contributed by atoms with Crippen LogP contribution in [0.25, 0.3) is 0 Å². The first-order valence-electron chi connectivity index (χ1n) is 6.56. The monoisotopic (exact) mass is 354 g/mol. The number of thiophene rings is 1. The van der Waals surface area contributed by atoms with Gasteiger partial charge in [0.05, 0.1) is 16.8 Å². The van der Waals surface area contributed by atoms with E-state index in [0.717, 1.165) is 10.4 Å². The number of anilines is 1. The first-order valence-corrected chi connectivity index (χ1v) is 8.20. The normalized spacial score (nSPS) is 17.7. The van der Waals surface area contributed by atoms with E-state index in [4.69, 9.17) is 23.2 Å². The van der Waals surface area contributed by atoms with Crippen LogP contribution >= 0.6 is 34.5 Å². The summed E-state index contributed by atoms with van der Waals surface area (Å²) in [5.41, 5.74) is 1.90. The topological polar surface area (TPSA) is 52.9 Å². The van der Waals surface area contributed by atoms with Crippen LogP contribution in [0.4, 0.5) is 5.69 Å². The molecule has 0 bridgehead atoms. The Morgan fingerprint density at radius 3 is 2.77 bits per heavy atom. The number of hydrogen-bond donors (Lipinski definition) is 1. The van der Waals surface area contributed by atoms with Crippen LogP contribution < -0.4 is 5.01 Å². The summed E-state index contributed by atoms with van der Waals surface area (Å²) < 4.78 is 0. The molecule has 0 saturated carbocycles. The molecule has 1 aromatic carbocycles. The number of aliphatic carboxylic acids is 1. The van der Waals surface area contributed by atoms with Crippen LogP contribution in [0.3, 0.4) is 0 Å². The summed E-state index contributed by atoms with van der Waals surface area (Å²) in [5, 5.41) is 18.2. The van der Waals surface area contributed by atoms with E-state index in [2.05, 4.69) is 5.10 Å². The SMILES string of the molecule is Cc1ccsc1C1CC(C(=O)O)=NN1c1ccc(Cl)cc1Cl. The number of hydrazone groups is 1. The van der Waals surface area contributed by atoms with Crippen molar-refractivity contribution in [3.8, 4) is 0 Å². The molecule has 4 nitrogen and oxygen atoms in total. The molecule has 0 spiro atoms. The average molecular weight is 355 g/mol. The highest BCUT2D eigenvalue weighted by Crippen LogP contribution is 2.42. The molecule has 22 heavy (non-hydrogen) atoms. The Hall–Kier alpha value is -1.56. The molecule has 0 fully saturated rings. The van der Waals surface area contributed by atoms with E-state index in [9.17, 15) is 9.90 Å². The predicted octanol–water partition coefficient (Wildman–Crippen LogP) is 4.76. The number of nitrogens with zero attached hydrogens (tertiary/aromatic N) is 2. The van der Waals surface area contributed by atoms with Crippen molar-refractivity contribution in [2.24, 2.45) is 5.10 Å². The highest BCUT2D eigenvalue weighted by molar-refractivity contribution is 7.10. The van der Waals surface area contributed by atoms with Crippen LogP contribution in [0, 0.1) is 6.92 Å². The zero-order valence-corrected chi connectivity index (χ0v) is 13.9. The minimum Gasteiger partial charge on any atom is -0.477 e. The number of carboxylic acid groups (broad SMARTS) is 1. The lowest BCUT2D eigenvalue weighted by molar-refractivity contribution is -0.129. The Bertz CT molecular complexity index is 773. The van der Waals surface area contributed by atoms with Crippen LogP contribution in [0.2, 0.25) is 10.0 Å². The lowest BCUT2D eigenvalue weighted by Gasteiger charge is -2.24. The van der Waals surface area contributed by atoms with Crippen LogP contribution in [-0.4, -0.2) is 16.8 Å². The maximum Gasteiger partial charge on any atom is 0.352 e. The number of hydrogen-bond acceptors (Lipinski definition) is 4. The molecule has 1 aromatic heterocycles. The van der Waals surface area contributed by atoms with Crippen LogP contribution in [0.5, 0.6) is 0 Å². The highest BCUT2D eigenvalue weighted by atomic mass is 35.5. The fourth-order valence-corrected chi connectivity index (χ4v) is 3.97. The standard InChI is InChI=1S/C15H12Cl2N2O2S/c1-8-4-5-22-14(8)13-7-11(15(20)21)18-19(13)12-3-2-9(16)6-10(12)17/h2-6,13H,7H2,1H3,(H,20,21). The van der Waals surface area contributed by atoms with Crippen molar-refractivity contribution in [3.63, 3.8) is 0 Å². The second kappa shape index (κ2) is 5.91. The third kappa shape index (κ3) is 2.72. The number of benzene rings is 1. The highest BCUT2D eigenvalue weighted by Gasteiger charge is 2.34. The minimum absolute atomic E-state index is 0.129. The Morgan fingerprint density at radius 1 is 1.41 bits per heavy atom. The summed E-state index contributed by atoms with van der Waals surface area (Å²) in [6.45, 7) is 2.01. The number of rotatable bonds is 3. The van der Waals surface area contributed by atoms with Gasteiger partial charge in [-0.25, -0.2) is 4.79 Å². The Balaban J connectivity index is 2.07. The van der Waals surface area contributed by atoms with Crippen molar-refractivity contribution in [2.75, 3.05) is 5.01 Å². The fraction of sp³-hybridized carbons (Fsp3) is 0.200. The first kappa shape index (κ1) is 15.3. The van der Waals surface area contributed by atoms with E-state index in [0.29, 0.717) is 22.2 Å². The van der Waals surface area contributed by atoms with Crippen molar-refractivity contribution in [3.05, 3.63) is 50.1 Å². The molecular weight excluding hydrogens is 343 g/mol. The molecule has 1 aliphatic heterocycles. The van der Waals surface area contributed by atoms with E-state index in [1.165, 1.54) is 0 Å². The van der Waals surface area contributed by atoms with Gasteiger partial charge in [0.25, 0.3) is 0 Å². The molecule has 0 saturated heterocycles. The molecule has 0 amide bonds. The van der Waals surface area contributed by atoms with Crippen LogP contribution in [0.15, 0.2) is 34.7 Å². The quantitative estimate of drug-likeness (QED) is 0.864. The van der Waals surface area contributed by atoms with Gasteiger partial charge < -0.3 is 5.11 Å². The largest absolute Gasteiger partial charge is 0.477 e. The molecule has 1 unspecified atom stereocenters. The Labute approximate surface area is 141 Å². The van der Waals surface area contributed by atoms with Gasteiger partial charge in [0, 0.05) is 16.3 Å². The summed E-state index contributed by atoms with van der Waals surface area (Å²) in [5.74, 6) is -1.01. The molecule has 114 valence electrons. The molecule has 7 heteroatoms. The summed E-state index contributed by atoms with van der Waals surface area (Å²) in [7, 11) is 0. The number of aryl methyl sites for hydroxylation is 1. The van der Waals surface area contributed by atoms with Crippen molar-refractivity contribution in [1.29, 1.82) is 0 Å². The van der Waals surface area contributed by atoms with E-state index in [1.54, 1.807) is 34.5 Å². The third-order valence-electron chi connectivity index (χ3n) is 3.52. The molecular formula is C15H12Cl2N2O2S. The predicted molar refractivity (Wildman–Crippen MR) is 90.4 cm³/mol. The molecule has 2 aromatic rings. The van der Waals surface area contributed by atoms with E-state index in [-0.39, 0.29) is 11.8 Å². The molecule has 3 rings (SSSR count). The average Bonchev–Trinajstić information content (AvgIpc) is 3.04. The van der Waals surface area contributed by atoms with Crippen molar-refractivity contribution in [2.45, 2.75) is 19.4 Å². The molecule has 0 radical (unpaired) electrons. The van der Waals surface area contributed by atoms with Gasteiger partial charge in [-0.2, -0.15) is 5.10 Å². The van der Waals surface area contributed by atoms with Crippen molar-refractivity contribution >= 4 is 51.9 Å². The second-order valence-corrected chi connectivity index (χ2v) is 6.77. The van der Waals surface area contributed by atoms with Gasteiger partial charge in [0.2, 0.25) is 0 Å². The maximum atomic E-state index is 11.3. The van der Waals surface area contributed by atoms with Gasteiger partial charge >= 0.3 is 5.97 Å². The lowest BCUT2D eigenvalue weighted by Crippen LogP contribution is -2.18. The van der Waals surface area contributed by atoms with Gasteiger partial charge in [0.15, 0.2) is 0 Å². The van der Waals surface area contributed by atoms with Crippen LogP contribution in [-0.2, 0) is 4.79 Å². The zero-order chi connectivity index (χ0) is 15.9. The molecule has 1 aliphatic rings. The fourth-order valence-electron chi connectivity index (χ4n) is 2.46. The molecule has 1 N–H and O–H groups in total. The first-order chi connectivity index (χ1) is 10.5. The summed E-state index contributed by atoms with van der Waals surface area (Å²) in [6, 6.07) is 6.96. The number of carbonyl (C=O) groups is 1. The molecule has 0 aliphatic carbocycles. The zero-order valence-electron chi connectivity index (χ0n) is 11.6. The van der Waals surface area contributed by atoms with Gasteiger partial charge in [-0.05, 0) is 42.1 Å². The van der Waals surface area contributed by atoms with Gasteiger partial charge in [-0.15, -0.1) is 11.3 Å². The molecule has 1 atom stereocenters. The number of halogens is 2. The van der Waals surface area contributed by atoms with E-state index >= 15 is 0 Å². The van der Waals surface area contributed by atoms with Crippen molar-refractivity contribution in [1.82, 2.24) is 0 Å². The summed E-state index contributed by atoms with van der Waals surface area (Å²) >= 11 is 13.8. The Morgan fingerprint density at radius 2 is 2.18 bits per heavy atom. The van der Waals surface area contributed by atoms with E-state index in [1.807, 2.05) is 18.4 Å². The lowest BCUT2D eigenvalue weighted by atomic mass is 10.1. The Kier molecular flexibility index (Phi) is 4.12. The second-order valence-electron chi connectivity index (χ2n) is 4.98. The summed E-state index contributed by atoms with van der Waals surface area (Å²) in [4.78, 5) is 12.4. The van der Waals surface area contributed by atoms with Gasteiger partial charge in [0.1, 0.15) is 5.71 Å². The van der Waals surface area contributed by atoms with Crippen molar-refractivity contribution < 1.29 is 9.90 Å². The third-order valence-corrected chi connectivity index (χ3v) is 5.18. The number of carboxylic acids is 1. The molecule has 2 heterocycles. The van der Waals surface area contributed by atoms with Crippen LogP contribution in [0.1, 0.15) is 22.9 Å². The van der Waals surface area contributed by atoms with E-state index < -0.39 is 5.97 Å². The van der Waals surface area contributed by atoms with Gasteiger partial charge in [-0.1, -0.05) is 23.2 Å².